The molecule has 0 radical (unpaired) electrons. The zero-order valence-corrected chi connectivity index (χ0v) is 11.6. The lowest BCUT2D eigenvalue weighted by Crippen LogP contribution is -2.33. The van der Waals surface area contributed by atoms with Gasteiger partial charge in [-0.2, -0.15) is 0 Å². The van der Waals surface area contributed by atoms with E-state index >= 15 is 0 Å². The van der Waals surface area contributed by atoms with Gasteiger partial charge in [0, 0.05) is 20.3 Å². The molecule has 1 heterocycles. The maximum absolute atomic E-state index is 12.4. The molecule has 0 fully saturated rings. The number of ketones is 1. The average molecular weight is 351 g/mol. The van der Waals surface area contributed by atoms with E-state index in [2.05, 4.69) is 27.9 Å². The lowest BCUT2D eigenvalue weighted by Gasteiger charge is -2.30. The molecule has 3 rings (SSSR count). The topological polar surface area (TPSA) is 46.2 Å². The predicted molar refractivity (Wildman–Crippen MR) is 78.1 cm³/mol. The predicted octanol–water partition coefficient (Wildman–Crippen LogP) is 2.97. The minimum absolute atomic E-state index is 0.00578. The van der Waals surface area contributed by atoms with Gasteiger partial charge in [0.25, 0.3) is 0 Å². The van der Waals surface area contributed by atoms with Gasteiger partial charge in [-0.1, -0.05) is 18.2 Å². The molecule has 0 saturated carbocycles. The van der Waals surface area contributed by atoms with Crippen LogP contribution in [0.5, 0.6) is 0 Å². The number of nitrogens with one attached hydrogen (secondary N) is 1. The van der Waals surface area contributed by atoms with Crippen LogP contribution in [-0.2, 0) is 0 Å². The van der Waals surface area contributed by atoms with Crippen LogP contribution < -0.4 is 5.32 Å². The molecule has 1 aromatic carbocycles. The second-order valence-corrected chi connectivity index (χ2v) is 5.59. The standard InChI is InChI=1S/C14H10INO2/c15-9-5-8(7-17)13-11(6-9)14(18)10-3-1-2-4-12(10)16-13/h1-3,5-7,12,16H,4H2. The quantitative estimate of drug-likeness (QED) is 0.625. The second-order valence-electron chi connectivity index (χ2n) is 4.35. The molecule has 1 N–H and O–H groups in total. The Morgan fingerprint density at radius 1 is 1.39 bits per heavy atom. The summed E-state index contributed by atoms with van der Waals surface area (Å²) in [4.78, 5) is 23.5. The molecule has 1 aliphatic heterocycles. The molecule has 0 amide bonds. The van der Waals surface area contributed by atoms with Crippen LogP contribution in [0.1, 0.15) is 27.1 Å². The van der Waals surface area contributed by atoms with Gasteiger partial charge < -0.3 is 5.32 Å². The Morgan fingerprint density at radius 2 is 2.22 bits per heavy atom. The van der Waals surface area contributed by atoms with Crippen LogP contribution in [0.2, 0.25) is 0 Å². The SMILES string of the molecule is O=Cc1cc(I)cc2c1NC1CC=CC=C1C2=O. The van der Waals surface area contributed by atoms with Crippen LogP contribution in [0.25, 0.3) is 0 Å². The molecule has 18 heavy (non-hydrogen) atoms. The summed E-state index contributed by atoms with van der Waals surface area (Å²) in [5, 5.41) is 3.30. The Hall–Kier alpha value is -1.43. The van der Waals surface area contributed by atoms with Crippen LogP contribution in [0, 0.1) is 3.57 Å². The molecular weight excluding hydrogens is 341 g/mol. The normalized spacial score (nSPS) is 20.6. The fraction of sp³-hybridized carbons (Fsp3) is 0.143. The average Bonchev–Trinajstić information content (AvgIpc) is 2.39. The largest absolute Gasteiger partial charge is 0.377 e. The van der Waals surface area contributed by atoms with Crippen molar-refractivity contribution in [2.45, 2.75) is 12.5 Å². The number of anilines is 1. The van der Waals surface area contributed by atoms with Gasteiger partial charge in [-0.3, -0.25) is 9.59 Å². The molecule has 3 nitrogen and oxygen atoms in total. The molecule has 0 bridgehead atoms. The summed E-state index contributed by atoms with van der Waals surface area (Å²) in [6.45, 7) is 0. The third-order valence-corrected chi connectivity index (χ3v) is 3.87. The van der Waals surface area contributed by atoms with Crippen LogP contribution in [0.15, 0.2) is 35.9 Å². The van der Waals surface area contributed by atoms with Crippen molar-refractivity contribution >= 4 is 40.3 Å². The number of carbonyl (C=O) groups is 2. The molecule has 1 atom stereocenters. The molecule has 90 valence electrons. The maximum atomic E-state index is 12.4. The number of benzene rings is 1. The number of Topliss-reactive ketones (excluding diaryl/α,β-unsaturated/α-hetero) is 1. The number of carbonyl (C=O) groups excluding carboxylic acids is 2. The van der Waals surface area contributed by atoms with Crippen molar-refractivity contribution in [2.75, 3.05) is 5.32 Å². The van der Waals surface area contributed by atoms with Gasteiger partial charge in [0.1, 0.15) is 0 Å². The highest BCUT2D eigenvalue weighted by Gasteiger charge is 2.31. The fourth-order valence-electron chi connectivity index (χ4n) is 2.39. The van der Waals surface area contributed by atoms with Crippen molar-refractivity contribution in [1.29, 1.82) is 0 Å². The van der Waals surface area contributed by atoms with E-state index in [1.54, 1.807) is 6.07 Å². The Balaban J connectivity index is 2.21. The molecule has 1 aromatic rings. The van der Waals surface area contributed by atoms with Gasteiger partial charge in [-0.15, -0.1) is 0 Å². The van der Waals surface area contributed by atoms with Crippen molar-refractivity contribution < 1.29 is 9.59 Å². The van der Waals surface area contributed by atoms with Crippen LogP contribution in [0.3, 0.4) is 0 Å². The van der Waals surface area contributed by atoms with Gasteiger partial charge in [-0.05, 0) is 41.1 Å². The van der Waals surface area contributed by atoms with Crippen LogP contribution >= 0.6 is 22.6 Å². The smallest absolute Gasteiger partial charge is 0.193 e. The Kier molecular flexibility index (Phi) is 2.81. The van der Waals surface area contributed by atoms with Gasteiger partial charge in [0.2, 0.25) is 0 Å². The van der Waals surface area contributed by atoms with E-state index in [9.17, 15) is 9.59 Å². The number of halogens is 1. The van der Waals surface area contributed by atoms with E-state index in [0.717, 1.165) is 21.9 Å². The zero-order valence-electron chi connectivity index (χ0n) is 9.44. The minimum Gasteiger partial charge on any atom is -0.377 e. The molecule has 0 saturated heterocycles. The first-order chi connectivity index (χ1) is 8.70. The second kappa shape index (κ2) is 4.35. The minimum atomic E-state index is -0.00578. The van der Waals surface area contributed by atoms with E-state index in [0.29, 0.717) is 16.8 Å². The summed E-state index contributed by atoms with van der Waals surface area (Å²) in [5.74, 6) is 0.0275. The lowest BCUT2D eigenvalue weighted by molar-refractivity contribution is 0.102. The van der Waals surface area contributed by atoms with E-state index in [-0.39, 0.29) is 11.8 Å². The lowest BCUT2D eigenvalue weighted by atomic mass is 9.86. The summed E-state index contributed by atoms with van der Waals surface area (Å²) < 4.78 is 0.897. The first kappa shape index (κ1) is 11.6. The number of allylic oxidation sites excluding steroid dienone is 2. The Bertz CT molecular complexity index is 616. The maximum Gasteiger partial charge on any atom is 0.193 e. The molecule has 1 aliphatic carbocycles. The number of aldehydes is 1. The Labute approximate surface area is 118 Å². The summed E-state index contributed by atoms with van der Waals surface area (Å²) in [7, 11) is 0. The molecule has 2 aliphatic rings. The first-order valence-electron chi connectivity index (χ1n) is 5.67. The zero-order chi connectivity index (χ0) is 12.7. The number of fused-ring (bicyclic) bond motifs is 2. The molecule has 1 unspecified atom stereocenters. The third-order valence-electron chi connectivity index (χ3n) is 3.25. The number of hydrogen-bond acceptors (Lipinski definition) is 3. The van der Waals surface area contributed by atoms with E-state index < -0.39 is 0 Å². The summed E-state index contributed by atoms with van der Waals surface area (Å²) in [6.07, 6.45) is 7.36. The van der Waals surface area contributed by atoms with Gasteiger partial charge in [0.15, 0.2) is 12.1 Å². The molecular formula is C14H10INO2. The number of rotatable bonds is 1. The van der Waals surface area contributed by atoms with Gasteiger partial charge >= 0.3 is 0 Å². The summed E-state index contributed by atoms with van der Waals surface area (Å²) in [5.41, 5.74) is 2.61. The van der Waals surface area contributed by atoms with Crippen LogP contribution in [-0.4, -0.2) is 18.1 Å². The van der Waals surface area contributed by atoms with Crippen molar-refractivity contribution in [1.82, 2.24) is 0 Å². The van der Waals surface area contributed by atoms with Crippen molar-refractivity contribution in [2.24, 2.45) is 0 Å². The van der Waals surface area contributed by atoms with Crippen molar-refractivity contribution in [3.8, 4) is 0 Å². The molecule has 4 heteroatoms. The molecule has 0 spiro atoms. The summed E-state index contributed by atoms with van der Waals surface area (Å²) in [6, 6.07) is 3.61. The highest BCUT2D eigenvalue weighted by Crippen LogP contribution is 2.34. The monoisotopic (exact) mass is 351 g/mol. The first-order valence-corrected chi connectivity index (χ1v) is 6.75. The van der Waals surface area contributed by atoms with Gasteiger partial charge in [-0.25, -0.2) is 0 Å². The molecule has 0 aromatic heterocycles. The highest BCUT2D eigenvalue weighted by molar-refractivity contribution is 14.1. The van der Waals surface area contributed by atoms with E-state index in [1.807, 2.05) is 24.3 Å². The van der Waals surface area contributed by atoms with Gasteiger partial charge in [0.05, 0.1) is 11.7 Å². The summed E-state index contributed by atoms with van der Waals surface area (Å²) >= 11 is 2.12. The van der Waals surface area contributed by atoms with Crippen LogP contribution in [0.4, 0.5) is 5.69 Å². The van der Waals surface area contributed by atoms with Crippen molar-refractivity contribution in [3.05, 3.63) is 50.6 Å². The van der Waals surface area contributed by atoms with E-state index in [1.165, 1.54) is 0 Å². The fourth-order valence-corrected chi connectivity index (χ4v) is 3.04. The van der Waals surface area contributed by atoms with Crippen molar-refractivity contribution in [3.63, 3.8) is 0 Å². The highest BCUT2D eigenvalue weighted by atomic mass is 127. The Morgan fingerprint density at radius 3 is 3.00 bits per heavy atom. The third kappa shape index (κ3) is 1.71. The number of hydrogen-bond donors (Lipinski definition) is 1. The van der Waals surface area contributed by atoms with E-state index in [4.69, 9.17) is 0 Å².